The molecular weight excluding hydrogens is 861 g/mol. The molecule has 2 nitrogen and oxygen atoms in total. The second-order valence-corrected chi connectivity index (χ2v) is 21.1. The van der Waals surface area contributed by atoms with Gasteiger partial charge in [0.25, 0.3) is 0 Å². The molecule has 0 saturated heterocycles. The molecule has 10 aromatic carbocycles. The first-order chi connectivity index (χ1) is 33.5. The number of benzene rings is 10. The smallest absolute Gasteiger partial charge is 0.0640 e. The third kappa shape index (κ3) is 4.96. The second-order valence-electron chi connectivity index (χ2n) is 19.0. The lowest BCUT2D eigenvalue weighted by Crippen LogP contribution is -2.41. The maximum atomic E-state index is 2.59. The molecule has 0 radical (unpaired) electrons. The van der Waals surface area contributed by atoms with E-state index in [0.29, 0.717) is 0 Å². The highest BCUT2D eigenvalue weighted by molar-refractivity contribution is 7.26. The van der Waals surface area contributed by atoms with Crippen LogP contribution >= 0.6 is 22.7 Å². The van der Waals surface area contributed by atoms with Crippen molar-refractivity contribution in [1.29, 1.82) is 0 Å². The Morgan fingerprint density at radius 2 is 0.647 bits per heavy atom. The van der Waals surface area contributed by atoms with Gasteiger partial charge in [-0.2, -0.15) is 0 Å². The number of hydrogen-bond donors (Lipinski definition) is 0. The van der Waals surface area contributed by atoms with Gasteiger partial charge in [-0.25, -0.2) is 0 Å². The zero-order valence-corrected chi connectivity index (χ0v) is 39.1. The van der Waals surface area contributed by atoms with Crippen LogP contribution in [0.25, 0.3) is 95.3 Å². The van der Waals surface area contributed by atoms with Gasteiger partial charge < -0.3 is 9.13 Å². The molecule has 14 aromatic rings. The molecule has 0 aliphatic heterocycles. The molecule has 0 saturated carbocycles. The monoisotopic (exact) mass is 902 g/mol. The van der Waals surface area contributed by atoms with Crippen molar-refractivity contribution in [2.45, 2.75) is 24.7 Å². The summed E-state index contributed by atoms with van der Waals surface area (Å²) in [5.41, 5.74) is 14.2. The number of rotatable bonds is 4. The maximum Gasteiger partial charge on any atom is 0.0640 e. The molecule has 68 heavy (non-hydrogen) atoms. The van der Waals surface area contributed by atoms with E-state index in [4.69, 9.17) is 0 Å². The van der Waals surface area contributed by atoms with Crippen LogP contribution in [-0.4, -0.2) is 9.13 Å². The third-order valence-corrected chi connectivity index (χ3v) is 18.1. The van der Waals surface area contributed by atoms with Crippen LogP contribution in [0.4, 0.5) is 0 Å². The van der Waals surface area contributed by atoms with Crippen molar-refractivity contribution in [3.63, 3.8) is 0 Å². The summed E-state index contributed by atoms with van der Waals surface area (Å²) in [6.45, 7) is 5.00. The van der Waals surface area contributed by atoms with Gasteiger partial charge in [0.15, 0.2) is 0 Å². The van der Waals surface area contributed by atoms with Gasteiger partial charge in [0, 0.05) is 63.3 Å². The van der Waals surface area contributed by atoms with Crippen LogP contribution in [0.5, 0.6) is 0 Å². The Labute approximate surface area is 401 Å². The lowest BCUT2D eigenvalue weighted by atomic mass is 9.54. The van der Waals surface area contributed by atoms with Gasteiger partial charge in [-0.1, -0.05) is 158 Å². The fraction of sp³-hybridized carbons (Fsp3) is 0.0625. The molecule has 0 bridgehead atoms. The van der Waals surface area contributed by atoms with Crippen LogP contribution in [0.2, 0.25) is 0 Å². The first kappa shape index (κ1) is 38.4. The fourth-order valence-electron chi connectivity index (χ4n) is 12.5. The maximum absolute atomic E-state index is 2.59. The van der Waals surface area contributed by atoms with E-state index in [0.717, 1.165) is 0 Å². The summed E-state index contributed by atoms with van der Waals surface area (Å²) in [4.78, 5) is 0. The number of hydrogen-bond acceptors (Lipinski definition) is 2. The van der Waals surface area contributed by atoms with E-state index in [9.17, 15) is 0 Å². The minimum atomic E-state index is -0.526. The van der Waals surface area contributed by atoms with Crippen molar-refractivity contribution in [3.8, 4) is 11.4 Å². The number of aromatic nitrogens is 2. The molecule has 2 atom stereocenters. The molecule has 320 valence electrons. The summed E-state index contributed by atoms with van der Waals surface area (Å²) in [5.74, 6) is 0. The molecule has 2 unspecified atom stereocenters. The van der Waals surface area contributed by atoms with Gasteiger partial charge >= 0.3 is 0 Å². The normalized spacial score (nSPS) is 17.1. The summed E-state index contributed by atoms with van der Waals surface area (Å²) in [5, 5.41) is 10.3. The Morgan fingerprint density at radius 3 is 1.09 bits per heavy atom. The molecule has 0 N–H and O–H groups in total. The van der Waals surface area contributed by atoms with E-state index < -0.39 is 10.8 Å². The highest BCUT2D eigenvalue weighted by Gasteiger charge is 2.49. The molecular formula is C64H42N2S2. The topological polar surface area (TPSA) is 9.86 Å². The van der Waals surface area contributed by atoms with Crippen LogP contribution in [-0.2, 0) is 10.8 Å². The number of fused-ring (bicyclic) bond motifs is 14. The predicted molar refractivity (Wildman–Crippen MR) is 291 cm³/mol. The van der Waals surface area contributed by atoms with Gasteiger partial charge in [0.1, 0.15) is 0 Å². The Balaban J connectivity index is 1.10. The van der Waals surface area contributed by atoms with Gasteiger partial charge in [-0.15, -0.1) is 22.7 Å². The number of para-hydroxylation sites is 2. The van der Waals surface area contributed by atoms with Crippen LogP contribution < -0.4 is 0 Å². The van der Waals surface area contributed by atoms with E-state index in [2.05, 4.69) is 241 Å². The Kier molecular flexibility index (Phi) is 7.84. The largest absolute Gasteiger partial charge is 0.308 e. The fourth-order valence-corrected chi connectivity index (χ4v) is 14.9. The second kappa shape index (κ2) is 13.9. The first-order valence-corrected chi connectivity index (χ1v) is 25.2. The molecule has 4 aromatic heterocycles. The Morgan fingerprint density at radius 1 is 0.294 bits per heavy atom. The summed E-state index contributed by atoms with van der Waals surface area (Å²) >= 11 is 3.80. The Hall–Kier alpha value is -7.76. The van der Waals surface area contributed by atoms with Crippen molar-refractivity contribution in [2.24, 2.45) is 0 Å². The summed E-state index contributed by atoms with van der Waals surface area (Å²) in [7, 11) is 0. The quantitative estimate of drug-likeness (QED) is 0.167. The lowest BCUT2D eigenvalue weighted by Gasteiger charge is -2.48. The molecule has 0 fully saturated rings. The van der Waals surface area contributed by atoms with Crippen molar-refractivity contribution in [2.75, 3.05) is 0 Å². The third-order valence-electron chi connectivity index (χ3n) is 15.7. The molecule has 1 aliphatic carbocycles. The molecule has 0 spiro atoms. The Bertz CT molecular complexity index is 4130. The van der Waals surface area contributed by atoms with E-state index in [1.54, 1.807) is 0 Å². The molecule has 1 aliphatic rings. The highest BCUT2D eigenvalue weighted by Crippen LogP contribution is 2.58. The standard InChI is InChI=1S/C64H42N2S2/c1-63(39-19-5-3-6-20-39)49-35-47-41-23-9-13-29-53(41)66(56-32-18-28-46-44-26-12-16-34-60(44)68-62(46)56)58(47)38-52(49)64(2,40-21-7-4-8-22-40)50-36-48-42-24-10-14-30-54(42)65(57(48)37-51(50)63)55-31-17-27-45-43-25-11-15-33-59(43)67-61(45)55/h3-38H,1-2H3. The summed E-state index contributed by atoms with van der Waals surface area (Å²) < 4.78 is 10.4. The minimum Gasteiger partial charge on any atom is -0.308 e. The predicted octanol–water partition coefficient (Wildman–Crippen LogP) is 17.6. The van der Waals surface area contributed by atoms with Crippen LogP contribution in [0.3, 0.4) is 0 Å². The van der Waals surface area contributed by atoms with E-state index in [1.165, 1.54) is 129 Å². The zero-order valence-electron chi connectivity index (χ0n) is 37.5. The first-order valence-electron chi connectivity index (χ1n) is 23.6. The van der Waals surface area contributed by atoms with Crippen LogP contribution in [0, 0.1) is 0 Å². The number of thiophene rings is 2. The van der Waals surface area contributed by atoms with Crippen molar-refractivity contribution < 1.29 is 0 Å². The van der Waals surface area contributed by atoms with Gasteiger partial charge in [0.2, 0.25) is 0 Å². The average molecular weight is 903 g/mol. The SMILES string of the molecule is CC1(c2ccccc2)c2cc3c4ccccc4n(-c4cccc5c4sc4ccccc45)c3cc2C(C)(c2ccccc2)c2cc3c4ccccc4n(-c4cccc5c4sc4ccccc45)c3cc21. The lowest BCUT2D eigenvalue weighted by molar-refractivity contribution is 0.570. The van der Waals surface area contributed by atoms with E-state index in [-0.39, 0.29) is 0 Å². The summed E-state index contributed by atoms with van der Waals surface area (Å²) in [6.07, 6.45) is 0. The number of nitrogens with zero attached hydrogens (tertiary/aromatic N) is 2. The van der Waals surface area contributed by atoms with E-state index in [1.807, 2.05) is 22.7 Å². The molecule has 4 heterocycles. The minimum absolute atomic E-state index is 0.526. The van der Waals surface area contributed by atoms with E-state index >= 15 is 0 Å². The van der Waals surface area contributed by atoms with Crippen molar-refractivity contribution >= 4 is 107 Å². The van der Waals surface area contributed by atoms with Crippen LogP contribution in [0.15, 0.2) is 218 Å². The highest BCUT2D eigenvalue weighted by atomic mass is 32.1. The van der Waals surface area contributed by atoms with Crippen molar-refractivity contribution in [1.82, 2.24) is 9.13 Å². The van der Waals surface area contributed by atoms with Gasteiger partial charge in [-0.05, 0) is 108 Å². The molecule has 0 amide bonds. The van der Waals surface area contributed by atoms with Gasteiger partial charge in [-0.3, -0.25) is 0 Å². The van der Waals surface area contributed by atoms with Crippen molar-refractivity contribution in [3.05, 3.63) is 252 Å². The van der Waals surface area contributed by atoms with Crippen LogP contribution in [0.1, 0.15) is 47.2 Å². The van der Waals surface area contributed by atoms with Gasteiger partial charge in [0.05, 0.1) is 42.8 Å². The zero-order chi connectivity index (χ0) is 44.9. The summed E-state index contributed by atoms with van der Waals surface area (Å²) in [6, 6.07) is 82.5. The molecule has 4 heteroatoms. The average Bonchev–Trinajstić information content (AvgIpc) is 4.15. The molecule has 15 rings (SSSR count).